The number of hydrogen-bond acceptors (Lipinski definition) is 3. The summed E-state index contributed by atoms with van der Waals surface area (Å²) in [6, 6.07) is 0. The van der Waals surface area contributed by atoms with Gasteiger partial charge in [0, 0.05) is 6.42 Å². The van der Waals surface area contributed by atoms with Gasteiger partial charge in [0.2, 0.25) is 0 Å². The van der Waals surface area contributed by atoms with E-state index in [1.54, 1.807) is 0 Å². The molecule has 0 unspecified atom stereocenters. The minimum Gasteiger partial charge on any atom is -0.393 e. The van der Waals surface area contributed by atoms with Gasteiger partial charge in [0.15, 0.2) is 0 Å². The first-order chi connectivity index (χ1) is 13.6. The van der Waals surface area contributed by atoms with Crippen molar-refractivity contribution < 1.29 is 15.3 Å². The first-order valence-electron chi connectivity index (χ1n) is 11.8. The van der Waals surface area contributed by atoms with Gasteiger partial charge in [-0.3, -0.25) is 0 Å². The molecule has 6 atom stereocenters. The Bertz CT molecular complexity index is 653. The molecule has 0 spiro atoms. The highest BCUT2D eigenvalue weighted by Gasteiger charge is 2.49. The van der Waals surface area contributed by atoms with Crippen LogP contribution in [0.4, 0.5) is 0 Å². The zero-order valence-electron chi connectivity index (χ0n) is 18.9. The Morgan fingerprint density at radius 2 is 2.00 bits per heavy atom. The zero-order chi connectivity index (χ0) is 21.2. The van der Waals surface area contributed by atoms with Crippen LogP contribution < -0.4 is 0 Å². The lowest BCUT2D eigenvalue weighted by Gasteiger charge is -2.43. The van der Waals surface area contributed by atoms with Crippen molar-refractivity contribution >= 4 is 0 Å². The van der Waals surface area contributed by atoms with Crippen molar-refractivity contribution in [3.05, 3.63) is 35.5 Å². The Morgan fingerprint density at radius 1 is 1.24 bits per heavy atom. The molecule has 0 aliphatic heterocycles. The van der Waals surface area contributed by atoms with Crippen LogP contribution in [-0.2, 0) is 0 Å². The average Bonchev–Trinajstić information content (AvgIpc) is 2.95. The number of aliphatic hydroxyl groups is 3. The van der Waals surface area contributed by atoms with E-state index in [-0.39, 0.29) is 0 Å². The summed E-state index contributed by atoms with van der Waals surface area (Å²) < 4.78 is 0. The summed E-state index contributed by atoms with van der Waals surface area (Å²) in [7, 11) is 0. The maximum absolute atomic E-state index is 10.0. The van der Waals surface area contributed by atoms with Gasteiger partial charge in [-0.2, -0.15) is 0 Å². The Hall–Kier alpha value is -0.900. The minimum atomic E-state index is -0.553. The van der Waals surface area contributed by atoms with E-state index < -0.39 is 17.8 Å². The quantitative estimate of drug-likeness (QED) is 0.540. The van der Waals surface area contributed by atoms with Crippen LogP contribution in [-0.4, -0.2) is 33.1 Å². The minimum absolute atomic E-state index is 0.364. The molecule has 0 aromatic heterocycles. The van der Waals surface area contributed by atoms with Crippen molar-refractivity contribution in [3.8, 4) is 0 Å². The van der Waals surface area contributed by atoms with Crippen LogP contribution in [0.1, 0.15) is 85.5 Å². The SMILES string of the molecule is C[C@H](CCCC(C)(C)O)[C@H]1CC[C@H]2C(/C=C\C3=C[C@H](O)C[C@@H](O)C3)=CCC[C@]12C. The van der Waals surface area contributed by atoms with Gasteiger partial charge < -0.3 is 15.3 Å². The highest BCUT2D eigenvalue weighted by molar-refractivity contribution is 5.34. The summed E-state index contributed by atoms with van der Waals surface area (Å²) >= 11 is 0. The molecular formula is C26H42O3. The molecule has 3 rings (SSSR count). The zero-order valence-corrected chi connectivity index (χ0v) is 18.9. The van der Waals surface area contributed by atoms with Gasteiger partial charge in [-0.25, -0.2) is 0 Å². The molecule has 3 aliphatic rings. The second-order valence-electron chi connectivity index (χ2n) is 10.9. The van der Waals surface area contributed by atoms with Crippen molar-refractivity contribution in [3.63, 3.8) is 0 Å². The lowest BCUT2D eigenvalue weighted by Crippen LogP contribution is -2.35. The topological polar surface area (TPSA) is 60.7 Å². The van der Waals surface area contributed by atoms with Gasteiger partial charge in [-0.15, -0.1) is 0 Å². The predicted octanol–water partition coefficient (Wildman–Crippen LogP) is 5.31. The first-order valence-corrected chi connectivity index (χ1v) is 11.8. The number of fused-ring (bicyclic) bond motifs is 1. The van der Waals surface area contributed by atoms with Crippen molar-refractivity contribution in [2.24, 2.45) is 23.2 Å². The molecule has 0 aromatic carbocycles. The first kappa shape index (κ1) is 22.8. The van der Waals surface area contributed by atoms with E-state index in [1.165, 1.54) is 31.3 Å². The Labute approximate surface area is 177 Å². The summed E-state index contributed by atoms with van der Waals surface area (Å²) in [6.07, 6.45) is 17.0. The molecule has 0 aromatic rings. The van der Waals surface area contributed by atoms with E-state index in [1.807, 2.05) is 19.9 Å². The molecule has 0 saturated heterocycles. The van der Waals surface area contributed by atoms with Gasteiger partial charge in [-0.1, -0.05) is 51.0 Å². The molecule has 1 fully saturated rings. The highest BCUT2D eigenvalue weighted by Crippen LogP contribution is 2.58. The van der Waals surface area contributed by atoms with Crippen LogP contribution in [0.2, 0.25) is 0 Å². The molecule has 1 saturated carbocycles. The van der Waals surface area contributed by atoms with Gasteiger partial charge in [0.05, 0.1) is 17.8 Å². The Kier molecular flexibility index (Phi) is 7.13. The van der Waals surface area contributed by atoms with Crippen LogP contribution >= 0.6 is 0 Å². The number of hydrogen-bond donors (Lipinski definition) is 3. The summed E-state index contributed by atoms with van der Waals surface area (Å²) in [4.78, 5) is 0. The van der Waals surface area contributed by atoms with E-state index in [9.17, 15) is 15.3 Å². The van der Waals surface area contributed by atoms with Crippen molar-refractivity contribution in [2.75, 3.05) is 0 Å². The van der Waals surface area contributed by atoms with Crippen LogP contribution in [0.15, 0.2) is 35.5 Å². The fourth-order valence-electron chi connectivity index (χ4n) is 6.38. The third kappa shape index (κ3) is 5.62. The molecule has 3 aliphatic carbocycles. The van der Waals surface area contributed by atoms with E-state index in [0.29, 0.717) is 30.1 Å². The molecule has 0 heterocycles. The normalized spacial score (nSPS) is 36.7. The van der Waals surface area contributed by atoms with Gasteiger partial charge in [-0.05, 0) is 86.7 Å². The third-order valence-electron chi connectivity index (χ3n) is 7.89. The predicted molar refractivity (Wildman–Crippen MR) is 119 cm³/mol. The number of allylic oxidation sites excluding steroid dienone is 4. The van der Waals surface area contributed by atoms with E-state index in [0.717, 1.165) is 30.8 Å². The van der Waals surface area contributed by atoms with Gasteiger partial charge in [0.1, 0.15) is 0 Å². The Morgan fingerprint density at radius 3 is 2.69 bits per heavy atom. The molecule has 0 amide bonds. The monoisotopic (exact) mass is 402 g/mol. The summed E-state index contributed by atoms with van der Waals surface area (Å²) in [5.41, 5.74) is 2.32. The van der Waals surface area contributed by atoms with Crippen LogP contribution in [0.5, 0.6) is 0 Å². The van der Waals surface area contributed by atoms with Crippen LogP contribution in [0.25, 0.3) is 0 Å². The summed E-state index contributed by atoms with van der Waals surface area (Å²) in [5, 5.41) is 29.8. The fourth-order valence-corrected chi connectivity index (χ4v) is 6.38. The van der Waals surface area contributed by atoms with E-state index >= 15 is 0 Å². The lowest BCUT2D eigenvalue weighted by atomic mass is 9.62. The number of rotatable bonds is 7. The smallest absolute Gasteiger partial charge is 0.0751 e. The van der Waals surface area contributed by atoms with E-state index in [2.05, 4.69) is 32.1 Å². The van der Waals surface area contributed by atoms with Crippen molar-refractivity contribution in [1.82, 2.24) is 0 Å². The van der Waals surface area contributed by atoms with Gasteiger partial charge in [0.25, 0.3) is 0 Å². The molecule has 29 heavy (non-hydrogen) atoms. The lowest BCUT2D eigenvalue weighted by molar-refractivity contribution is 0.0613. The molecule has 0 radical (unpaired) electrons. The molecule has 3 heteroatoms. The van der Waals surface area contributed by atoms with Gasteiger partial charge >= 0.3 is 0 Å². The van der Waals surface area contributed by atoms with Crippen molar-refractivity contribution in [1.29, 1.82) is 0 Å². The molecular weight excluding hydrogens is 360 g/mol. The maximum Gasteiger partial charge on any atom is 0.0751 e. The molecule has 3 nitrogen and oxygen atoms in total. The molecule has 0 bridgehead atoms. The maximum atomic E-state index is 10.0. The third-order valence-corrected chi connectivity index (χ3v) is 7.89. The summed E-state index contributed by atoms with van der Waals surface area (Å²) in [6.45, 7) is 8.76. The van der Waals surface area contributed by atoms with Crippen LogP contribution in [0.3, 0.4) is 0 Å². The largest absolute Gasteiger partial charge is 0.393 e. The second kappa shape index (κ2) is 9.08. The standard InChI is InChI=1S/C26H42O3/c1-18(7-5-13-25(2,3)29)23-11-12-24-20(8-6-14-26(23,24)4)10-9-19-15-21(27)17-22(28)16-19/h8-10,15,18,21-24,27-29H,5-7,11-14,16-17H2,1-4H3/b10-9-/t18-,21+,22+,23-,24+,26-/m1/s1. The highest BCUT2D eigenvalue weighted by atomic mass is 16.3. The van der Waals surface area contributed by atoms with Crippen LogP contribution in [0, 0.1) is 23.2 Å². The average molecular weight is 403 g/mol. The number of aliphatic hydroxyl groups excluding tert-OH is 2. The molecule has 3 N–H and O–H groups in total. The summed E-state index contributed by atoms with van der Waals surface area (Å²) in [5.74, 6) is 2.07. The fraction of sp³-hybridized carbons (Fsp3) is 0.769. The second-order valence-corrected chi connectivity index (χ2v) is 10.9. The van der Waals surface area contributed by atoms with Crippen molar-refractivity contribution in [2.45, 2.75) is 103 Å². The Balaban J connectivity index is 1.65. The van der Waals surface area contributed by atoms with E-state index in [4.69, 9.17) is 0 Å². The molecule has 164 valence electrons.